The number of aromatic nitrogens is 4. The molecule has 7 rings (SSSR count). The third-order valence-electron chi connectivity index (χ3n) is 9.53. The highest BCUT2D eigenvalue weighted by atomic mass is 35.5. The van der Waals surface area contributed by atoms with E-state index in [4.69, 9.17) is 16.3 Å². The monoisotopic (exact) mass is 725 g/mol. The molecule has 4 N–H and O–H groups in total. The molecule has 4 fully saturated rings. The van der Waals surface area contributed by atoms with Crippen LogP contribution in [-0.2, 0) is 22.8 Å². The van der Waals surface area contributed by atoms with Crippen LogP contribution in [0, 0.1) is 11.8 Å². The van der Waals surface area contributed by atoms with Gasteiger partial charge in [0.05, 0.1) is 34.1 Å². The molecule has 2 aliphatic heterocycles. The van der Waals surface area contributed by atoms with E-state index in [0.29, 0.717) is 37.3 Å². The number of imidazole rings is 1. The number of nitrogens with zero attached hydrogens (tertiary/aromatic N) is 5. The first-order valence-electron chi connectivity index (χ1n) is 15.5. The highest BCUT2D eigenvalue weighted by molar-refractivity contribution is 6.34. The average molecular weight is 726 g/mol. The molecule has 4 heterocycles. The van der Waals surface area contributed by atoms with Gasteiger partial charge < -0.3 is 35.5 Å². The summed E-state index contributed by atoms with van der Waals surface area (Å²) in [6.07, 6.45) is -4.14. The zero-order valence-corrected chi connectivity index (χ0v) is 26.8. The summed E-state index contributed by atoms with van der Waals surface area (Å²) in [6, 6.07) is 1.88. The molecule has 20 heteroatoms. The fourth-order valence-electron chi connectivity index (χ4n) is 6.67. The lowest BCUT2D eigenvalue weighted by atomic mass is 10.2. The maximum absolute atomic E-state index is 13.8. The minimum atomic E-state index is -4.95. The Labute approximate surface area is 284 Å². The number of benzene rings is 1. The Kier molecular flexibility index (Phi) is 8.24. The number of ether oxygens (including phenoxy) is 1. The number of halogens is 6. The second-order valence-electron chi connectivity index (χ2n) is 12.7. The van der Waals surface area contributed by atoms with Gasteiger partial charge >= 0.3 is 12.2 Å². The fraction of sp³-hybridized carbons (Fsp3) is 0.467. The molecular formula is C30H29ClF5N9O5. The van der Waals surface area contributed by atoms with Gasteiger partial charge in [-0.3, -0.25) is 19.1 Å². The summed E-state index contributed by atoms with van der Waals surface area (Å²) >= 11 is 6.39. The van der Waals surface area contributed by atoms with Gasteiger partial charge in [-0.25, -0.2) is 18.6 Å². The predicted molar refractivity (Wildman–Crippen MR) is 163 cm³/mol. The smallest absolute Gasteiger partial charge is 0.435 e. The van der Waals surface area contributed by atoms with Crippen LogP contribution in [0.5, 0.6) is 0 Å². The van der Waals surface area contributed by atoms with Crippen LogP contribution in [0.15, 0.2) is 30.6 Å². The second-order valence-corrected chi connectivity index (χ2v) is 13.1. The Morgan fingerprint density at radius 1 is 1.12 bits per heavy atom. The number of carbonyl (C=O) groups excluding carboxylic acids is 4. The summed E-state index contributed by atoms with van der Waals surface area (Å²) in [5.74, 6) is -4.58. The summed E-state index contributed by atoms with van der Waals surface area (Å²) in [5, 5.41) is 14.8. The van der Waals surface area contributed by atoms with E-state index in [1.807, 2.05) is 0 Å². The molecule has 5 atom stereocenters. The minimum Gasteiger partial charge on any atom is -0.461 e. The first-order chi connectivity index (χ1) is 23.7. The van der Waals surface area contributed by atoms with Crippen LogP contribution in [0.3, 0.4) is 0 Å². The number of anilines is 1. The van der Waals surface area contributed by atoms with Gasteiger partial charge in [0.2, 0.25) is 0 Å². The van der Waals surface area contributed by atoms with E-state index in [0.717, 1.165) is 17.0 Å². The zero-order chi connectivity index (χ0) is 35.7. The number of likely N-dealkylation sites (tertiary alicyclic amines) is 1. The topological polar surface area (TPSA) is 165 Å². The molecular weight excluding hydrogens is 697 g/mol. The van der Waals surface area contributed by atoms with Crippen molar-refractivity contribution in [3.8, 4) is 11.3 Å². The van der Waals surface area contributed by atoms with E-state index in [-0.39, 0.29) is 57.7 Å². The van der Waals surface area contributed by atoms with E-state index in [1.54, 1.807) is 4.90 Å². The Bertz CT molecular complexity index is 1870. The van der Waals surface area contributed by atoms with Crippen LogP contribution in [0.2, 0.25) is 5.02 Å². The molecule has 1 aromatic carbocycles. The quantitative estimate of drug-likeness (QED) is 0.193. The van der Waals surface area contributed by atoms with Crippen molar-refractivity contribution >= 4 is 41.6 Å². The van der Waals surface area contributed by atoms with Crippen molar-refractivity contribution in [3.63, 3.8) is 0 Å². The van der Waals surface area contributed by atoms with E-state index in [9.17, 15) is 41.1 Å². The number of fused-ring (bicyclic) bond motifs is 1. The van der Waals surface area contributed by atoms with Crippen LogP contribution < -0.4 is 21.3 Å². The molecule has 2 saturated carbocycles. The molecule has 266 valence electrons. The van der Waals surface area contributed by atoms with Gasteiger partial charge in [0.25, 0.3) is 24.2 Å². The van der Waals surface area contributed by atoms with Crippen molar-refractivity contribution in [1.82, 2.24) is 40.2 Å². The van der Waals surface area contributed by atoms with Gasteiger partial charge in [-0.2, -0.15) is 18.3 Å². The first-order valence-corrected chi connectivity index (χ1v) is 15.9. The number of hydrogen-bond acceptors (Lipinski definition) is 8. The lowest BCUT2D eigenvalue weighted by Crippen LogP contribution is -2.50. The number of piperidine rings is 1. The molecule has 14 nitrogen and oxygen atoms in total. The van der Waals surface area contributed by atoms with Crippen molar-refractivity contribution in [2.24, 2.45) is 18.9 Å². The summed E-state index contributed by atoms with van der Waals surface area (Å²) < 4.78 is 75.1. The number of rotatable bonds is 9. The Balaban J connectivity index is 0.951. The Morgan fingerprint density at radius 3 is 2.48 bits per heavy atom. The molecule has 4 amide bonds. The van der Waals surface area contributed by atoms with Crippen LogP contribution in [0.25, 0.3) is 11.3 Å². The summed E-state index contributed by atoms with van der Waals surface area (Å²) in [4.78, 5) is 55.1. The SMILES string of the molecule is Cn1c(-c2cn(C3CC3(F)F)nc2C(F)(F)F)cnc1C(=O)Nc1ccc(C(=O)NC2C3CN(C(=O)N[C@H]4CNC[C@@H]4OC=O)CC32)c(Cl)c1. The summed E-state index contributed by atoms with van der Waals surface area (Å²) in [7, 11) is 1.30. The van der Waals surface area contributed by atoms with Gasteiger partial charge in [-0.15, -0.1) is 0 Å². The highest BCUT2D eigenvalue weighted by Gasteiger charge is 2.60. The third-order valence-corrected chi connectivity index (χ3v) is 9.84. The van der Waals surface area contributed by atoms with Gasteiger partial charge in [0.1, 0.15) is 12.1 Å². The van der Waals surface area contributed by atoms with Crippen molar-refractivity contribution in [3.05, 3.63) is 52.7 Å². The van der Waals surface area contributed by atoms with Crippen LogP contribution in [0.1, 0.15) is 39.1 Å². The number of hydrogen-bond donors (Lipinski definition) is 4. The minimum absolute atomic E-state index is 0.0176. The number of amides is 4. The van der Waals surface area contributed by atoms with Crippen LogP contribution >= 0.6 is 11.6 Å². The lowest BCUT2D eigenvalue weighted by molar-refractivity contribution is -0.141. The molecule has 3 aromatic rings. The molecule has 4 aliphatic rings. The predicted octanol–water partition coefficient (Wildman–Crippen LogP) is 2.67. The maximum Gasteiger partial charge on any atom is 0.435 e. The highest BCUT2D eigenvalue weighted by Crippen LogP contribution is 2.53. The van der Waals surface area contributed by atoms with Crippen molar-refractivity contribution in [2.75, 3.05) is 31.5 Å². The molecule has 2 saturated heterocycles. The van der Waals surface area contributed by atoms with Crippen molar-refractivity contribution in [1.29, 1.82) is 0 Å². The van der Waals surface area contributed by atoms with Gasteiger partial charge in [-0.1, -0.05) is 11.6 Å². The molecule has 0 radical (unpaired) electrons. The number of alkyl halides is 5. The first kappa shape index (κ1) is 33.7. The molecule has 0 bridgehead atoms. The van der Waals surface area contributed by atoms with Gasteiger partial charge in [0.15, 0.2) is 11.5 Å². The maximum atomic E-state index is 13.8. The van der Waals surface area contributed by atoms with Gasteiger partial charge in [-0.05, 0) is 18.2 Å². The van der Waals surface area contributed by atoms with E-state index < -0.39 is 53.7 Å². The molecule has 50 heavy (non-hydrogen) atoms. The fourth-order valence-corrected chi connectivity index (χ4v) is 6.93. The van der Waals surface area contributed by atoms with Crippen molar-refractivity contribution in [2.45, 2.75) is 42.7 Å². The average Bonchev–Trinajstić information content (AvgIpc) is 3.50. The van der Waals surface area contributed by atoms with Gasteiger partial charge in [0, 0.05) is 69.4 Å². The molecule has 2 aliphatic carbocycles. The zero-order valence-electron chi connectivity index (χ0n) is 26.0. The second kappa shape index (κ2) is 12.2. The normalized spacial score (nSPS) is 26.3. The van der Waals surface area contributed by atoms with E-state index in [2.05, 4.69) is 31.3 Å². The van der Waals surface area contributed by atoms with E-state index >= 15 is 0 Å². The summed E-state index contributed by atoms with van der Waals surface area (Å²) in [5.41, 5.74) is -1.75. The Morgan fingerprint density at radius 2 is 1.84 bits per heavy atom. The van der Waals surface area contributed by atoms with E-state index in [1.165, 1.54) is 25.2 Å². The lowest BCUT2D eigenvalue weighted by Gasteiger charge is -2.25. The summed E-state index contributed by atoms with van der Waals surface area (Å²) in [6.45, 7) is 2.15. The van der Waals surface area contributed by atoms with Crippen molar-refractivity contribution < 1.29 is 45.9 Å². The number of carbonyl (C=O) groups is 4. The Hall–Kier alpha value is -4.78. The number of nitrogens with one attached hydrogen (secondary N) is 4. The standard InChI is InChI=1S/C30H29ClF5N9O5/c1-43-20(17-11-45(22-5-29(22,32)33)42-24(17)30(34,35)36)7-38-25(43)27(48)39-13-2-3-14(18(31)4-13)26(47)41-23-15-9-44(10-16(15)23)28(49)40-19-6-37-8-21(19)50-12-46/h2-4,7,11-12,15-16,19,21-23,37H,5-6,8-10H2,1H3,(H,39,48)(H,40,49)(H,41,47)/t15?,16?,19-,21-,22?,23?/m0/s1. The van der Waals surface area contributed by atoms with Crippen LogP contribution in [0.4, 0.5) is 32.4 Å². The molecule has 0 spiro atoms. The van der Waals surface area contributed by atoms with Crippen LogP contribution in [-0.4, -0.2) is 98.8 Å². The molecule has 2 aromatic heterocycles. The molecule has 3 unspecified atom stereocenters. The third kappa shape index (κ3) is 6.23. The number of urea groups is 1. The largest absolute Gasteiger partial charge is 0.461 e.